The molecule has 0 radical (unpaired) electrons. The van der Waals surface area contributed by atoms with Gasteiger partial charge >= 0.3 is 5.69 Å². The summed E-state index contributed by atoms with van der Waals surface area (Å²) in [5.41, 5.74) is 4.58. The SMILES string of the molecule is CC(c1nncn1C)n1c(N)cc(=O)[nH]c1=O. The van der Waals surface area contributed by atoms with Gasteiger partial charge in [0.2, 0.25) is 0 Å². The molecule has 2 heterocycles. The van der Waals surface area contributed by atoms with Gasteiger partial charge in [-0.25, -0.2) is 4.79 Å². The van der Waals surface area contributed by atoms with E-state index in [4.69, 9.17) is 5.73 Å². The molecule has 1 atom stereocenters. The fraction of sp³-hybridized carbons (Fsp3) is 0.333. The van der Waals surface area contributed by atoms with Gasteiger partial charge in [-0.1, -0.05) is 0 Å². The third-order valence-corrected chi connectivity index (χ3v) is 2.51. The van der Waals surface area contributed by atoms with Crippen molar-refractivity contribution >= 4 is 5.82 Å². The van der Waals surface area contributed by atoms with Crippen LogP contribution in [0.4, 0.5) is 5.82 Å². The van der Waals surface area contributed by atoms with Crippen molar-refractivity contribution in [2.24, 2.45) is 7.05 Å². The lowest BCUT2D eigenvalue weighted by Crippen LogP contribution is -2.34. The van der Waals surface area contributed by atoms with Gasteiger partial charge in [0.05, 0.1) is 6.04 Å². The van der Waals surface area contributed by atoms with Gasteiger partial charge in [-0.2, -0.15) is 0 Å². The van der Waals surface area contributed by atoms with Crippen LogP contribution in [0.2, 0.25) is 0 Å². The van der Waals surface area contributed by atoms with Gasteiger partial charge in [-0.3, -0.25) is 14.3 Å². The molecule has 0 aromatic carbocycles. The maximum atomic E-state index is 11.7. The van der Waals surface area contributed by atoms with E-state index in [2.05, 4.69) is 15.2 Å². The molecule has 0 aliphatic rings. The number of rotatable bonds is 2. The monoisotopic (exact) mass is 236 g/mol. The second kappa shape index (κ2) is 3.89. The van der Waals surface area contributed by atoms with E-state index in [1.165, 1.54) is 10.9 Å². The summed E-state index contributed by atoms with van der Waals surface area (Å²) in [5.74, 6) is 0.667. The summed E-state index contributed by atoms with van der Waals surface area (Å²) in [6.45, 7) is 1.75. The highest BCUT2D eigenvalue weighted by atomic mass is 16.2. The molecule has 2 aromatic rings. The van der Waals surface area contributed by atoms with Crippen LogP contribution in [0, 0.1) is 0 Å². The molecule has 0 saturated carbocycles. The van der Waals surface area contributed by atoms with Gasteiger partial charge < -0.3 is 10.3 Å². The summed E-state index contributed by atoms with van der Waals surface area (Å²) >= 11 is 0. The Morgan fingerprint density at radius 3 is 2.71 bits per heavy atom. The summed E-state index contributed by atoms with van der Waals surface area (Å²) in [6.07, 6.45) is 1.53. The minimum atomic E-state index is -0.564. The molecule has 2 aromatic heterocycles. The number of hydrogen-bond donors (Lipinski definition) is 2. The second-order valence-electron chi connectivity index (χ2n) is 3.71. The fourth-order valence-electron chi connectivity index (χ4n) is 1.71. The predicted octanol–water partition coefficient (Wildman–Crippen LogP) is -1.14. The van der Waals surface area contributed by atoms with Gasteiger partial charge in [0.1, 0.15) is 12.1 Å². The molecule has 0 spiro atoms. The van der Waals surface area contributed by atoms with Crippen LogP contribution in [-0.4, -0.2) is 24.3 Å². The first-order valence-corrected chi connectivity index (χ1v) is 4.96. The zero-order valence-corrected chi connectivity index (χ0v) is 9.41. The van der Waals surface area contributed by atoms with Crippen molar-refractivity contribution in [3.05, 3.63) is 39.1 Å². The van der Waals surface area contributed by atoms with Crippen molar-refractivity contribution in [1.29, 1.82) is 0 Å². The maximum absolute atomic E-state index is 11.7. The van der Waals surface area contributed by atoms with Crippen molar-refractivity contribution in [2.75, 3.05) is 5.73 Å². The smallest absolute Gasteiger partial charge is 0.330 e. The summed E-state index contributed by atoms with van der Waals surface area (Å²) < 4.78 is 2.94. The molecule has 0 amide bonds. The Hall–Kier alpha value is -2.38. The highest BCUT2D eigenvalue weighted by molar-refractivity contribution is 5.28. The molecule has 90 valence electrons. The first kappa shape index (κ1) is 11.1. The Balaban J connectivity index is 2.59. The molecule has 0 fully saturated rings. The number of aryl methyl sites for hydroxylation is 1. The lowest BCUT2D eigenvalue weighted by molar-refractivity contribution is 0.551. The summed E-state index contributed by atoms with van der Waals surface area (Å²) in [7, 11) is 1.76. The molecule has 3 N–H and O–H groups in total. The Morgan fingerprint density at radius 1 is 1.47 bits per heavy atom. The lowest BCUT2D eigenvalue weighted by atomic mass is 10.3. The second-order valence-corrected chi connectivity index (χ2v) is 3.71. The minimum Gasteiger partial charge on any atom is -0.385 e. The number of nitrogens with one attached hydrogen (secondary N) is 1. The Kier molecular flexibility index (Phi) is 2.54. The third kappa shape index (κ3) is 1.84. The molecule has 8 nitrogen and oxygen atoms in total. The van der Waals surface area contributed by atoms with E-state index >= 15 is 0 Å². The van der Waals surface area contributed by atoms with Gasteiger partial charge in [0.25, 0.3) is 5.56 Å². The number of nitrogens with zero attached hydrogens (tertiary/aromatic N) is 4. The Morgan fingerprint density at radius 2 is 2.18 bits per heavy atom. The number of anilines is 1. The number of hydrogen-bond acceptors (Lipinski definition) is 5. The number of nitrogens with two attached hydrogens (primary N) is 1. The van der Waals surface area contributed by atoms with Crippen molar-refractivity contribution < 1.29 is 0 Å². The topological polar surface area (TPSA) is 112 Å². The van der Waals surface area contributed by atoms with Crippen LogP contribution in [0.1, 0.15) is 18.8 Å². The normalized spacial score (nSPS) is 12.6. The van der Waals surface area contributed by atoms with E-state index in [1.807, 2.05) is 0 Å². The third-order valence-electron chi connectivity index (χ3n) is 2.51. The highest BCUT2D eigenvalue weighted by Crippen LogP contribution is 2.14. The number of nitrogen functional groups attached to an aromatic ring is 1. The molecule has 8 heteroatoms. The maximum Gasteiger partial charge on any atom is 0.330 e. The first-order valence-electron chi connectivity index (χ1n) is 4.96. The van der Waals surface area contributed by atoms with Crippen LogP contribution in [0.15, 0.2) is 22.0 Å². The quantitative estimate of drug-likeness (QED) is 0.684. The van der Waals surface area contributed by atoms with Gasteiger partial charge in [-0.15, -0.1) is 10.2 Å². The first-order chi connectivity index (χ1) is 8.00. The van der Waals surface area contributed by atoms with E-state index in [0.717, 1.165) is 6.07 Å². The van der Waals surface area contributed by atoms with Gasteiger partial charge in [0.15, 0.2) is 5.82 Å². The average Bonchev–Trinajstić information content (AvgIpc) is 2.62. The Labute approximate surface area is 95.7 Å². The summed E-state index contributed by atoms with van der Waals surface area (Å²) in [5, 5.41) is 7.63. The highest BCUT2D eigenvalue weighted by Gasteiger charge is 2.17. The lowest BCUT2D eigenvalue weighted by Gasteiger charge is -2.15. The van der Waals surface area contributed by atoms with Crippen molar-refractivity contribution in [3.8, 4) is 0 Å². The molecule has 1 unspecified atom stereocenters. The summed E-state index contributed by atoms with van der Waals surface area (Å²) in [4.78, 5) is 24.9. The van der Waals surface area contributed by atoms with E-state index in [9.17, 15) is 9.59 Å². The van der Waals surface area contributed by atoms with E-state index in [-0.39, 0.29) is 5.82 Å². The largest absolute Gasteiger partial charge is 0.385 e. The molecule has 2 rings (SSSR count). The molecule has 0 aliphatic carbocycles. The Bertz CT molecular complexity index is 652. The van der Waals surface area contributed by atoms with Crippen LogP contribution in [-0.2, 0) is 7.05 Å². The van der Waals surface area contributed by atoms with Crippen molar-refractivity contribution in [1.82, 2.24) is 24.3 Å². The van der Waals surface area contributed by atoms with Gasteiger partial charge in [-0.05, 0) is 6.92 Å². The predicted molar refractivity (Wildman–Crippen MR) is 60.6 cm³/mol. The number of aromatic amines is 1. The van der Waals surface area contributed by atoms with Crippen molar-refractivity contribution in [3.63, 3.8) is 0 Å². The molecular weight excluding hydrogens is 224 g/mol. The van der Waals surface area contributed by atoms with E-state index < -0.39 is 17.3 Å². The zero-order valence-electron chi connectivity index (χ0n) is 9.41. The molecule has 0 aliphatic heterocycles. The van der Waals surface area contributed by atoms with E-state index in [1.54, 1.807) is 18.5 Å². The van der Waals surface area contributed by atoms with E-state index in [0.29, 0.717) is 5.82 Å². The average molecular weight is 236 g/mol. The molecule has 0 saturated heterocycles. The molecular formula is C9H12N6O2. The minimum absolute atomic E-state index is 0.0919. The zero-order chi connectivity index (χ0) is 12.6. The molecule has 17 heavy (non-hydrogen) atoms. The standard InChI is InChI=1S/C9H12N6O2/c1-5(8-13-11-4-14(8)2)15-6(10)3-7(16)12-9(15)17/h3-5H,10H2,1-2H3,(H,12,16,17). The van der Waals surface area contributed by atoms with Crippen LogP contribution in [0.3, 0.4) is 0 Å². The number of aromatic nitrogens is 5. The molecule has 0 bridgehead atoms. The fourth-order valence-corrected chi connectivity index (χ4v) is 1.71. The van der Waals surface area contributed by atoms with Crippen LogP contribution >= 0.6 is 0 Å². The van der Waals surface area contributed by atoms with Crippen LogP contribution in [0.5, 0.6) is 0 Å². The van der Waals surface area contributed by atoms with Gasteiger partial charge in [0, 0.05) is 13.1 Å². The van der Waals surface area contributed by atoms with Crippen LogP contribution in [0.25, 0.3) is 0 Å². The number of H-pyrrole nitrogens is 1. The summed E-state index contributed by atoms with van der Waals surface area (Å²) in [6, 6.07) is 0.751. The van der Waals surface area contributed by atoms with Crippen molar-refractivity contribution in [2.45, 2.75) is 13.0 Å². The van der Waals surface area contributed by atoms with Crippen LogP contribution < -0.4 is 17.0 Å².